The van der Waals surface area contributed by atoms with Crippen LogP contribution in [-0.4, -0.2) is 26.3 Å². The Kier molecular flexibility index (Phi) is 5.66. The van der Waals surface area contributed by atoms with Gasteiger partial charge in [-0.25, -0.2) is 14.8 Å². The molecule has 0 spiro atoms. The van der Waals surface area contributed by atoms with Gasteiger partial charge >= 0.3 is 6.09 Å². The van der Waals surface area contributed by atoms with E-state index in [1.807, 2.05) is 42.5 Å². The molecule has 1 amide bonds. The van der Waals surface area contributed by atoms with Gasteiger partial charge in [-0.3, -0.25) is 5.32 Å². The van der Waals surface area contributed by atoms with Gasteiger partial charge in [0.2, 0.25) is 5.88 Å². The molecule has 0 saturated carbocycles. The summed E-state index contributed by atoms with van der Waals surface area (Å²) < 4.78 is 11.1. The number of carboxylic acid groups (broad SMARTS) is 1. The fourth-order valence-electron chi connectivity index (χ4n) is 2.88. The lowest BCUT2D eigenvalue weighted by Gasteiger charge is -2.05. The monoisotopic (exact) mass is 402 g/mol. The molecule has 8 nitrogen and oxygen atoms in total. The molecule has 0 unspecified atom stereocenters. The molecule has 0 bridgehead atoms. The predicted molar refractivity (Wildman–Crippen MR) is 109 cm³/mol. The maximum absolute atomic E-state index is 10.9. The average molecular weight is 402 g/mol. The summed E-state index contributed by atoms with van der Waals surface area (Å²) in [6.07, 6.45) is 2.58. The molecule has 0 atom stereocenters. The molecule has 3 aromatic heterocycles. The van der Waals surface area contributed by atoms with Crippen molar-refractivity contribution in [1.82, 2.24) is 15.1 Å². The molecule has 1 aromatic carbocycles. The number of pyridine rings is 2. The van der Waals surface area contributed by atoms with Gasteiger partial charge in [-0.15, -0.1) is 0 Å². The van der Waals surface area contributed by atoms with E-state index in [0.717, 1.165) is 16.8 Å². The van der Waals surface area contributed by atoms with Gasteiger partial charge in [0.1, 0.15) is 12.4 Å². The first-order valence-corrected chi connectivity index (χ1v) is 9.20. The molecule has 0 saturated heterocycles. The van der Waals surface area contributed by atoms with E-state index in [9.17, 15) is 4.79 Å². The number of aromatic nitrogens is 3. The molecule has 150 valence electrons. The quantitative estimate of drug-likeness (QED) is 0.472. The van der Waals surface area contributed by atoms with Crippen LogP contribution in [0, 0.1) is 0 Å². The van der Waals surface area contributed by atoms with E-state index in [-0.39, 0.29) is 5.82 Å². The lowest BCUT2D eigenvalue weighted by atomic mass is 10.1. The molecule has 30 heavy (non-hydrogen) atoms. The van der Waals surface area contributed by atoms with E-state index in [0.29, 0.717) is 30.2 Å². The third kappa shape index (κ3) is 4.79. The van der Waals surface area contributed by atoms with Crippen LogP contribution in [0.25, 0.3) is 11.3 Å². The Bertz CT molecular complexity index is 1130. The summed E-state index contributed by atoms with van der Waals surface area (Å²) in [5.74, 6) is 1.23. The predicted octanol–water partition coefficient (Wildman–Crippen LogP) is 4.39. The van der Waals surface area contributed by atoms with Crippen molar-refractivity contribution in [2.45, 2.75) is 13.0 Å². The molecule has 4 rings (SSSR count). The second kappa shape index (κ2) is 8.87. The zero-order chi connectivity index (χ0) is 20.8. The Morgan fingerprint density at radius 3 is 2.57 bits per heavy atom. The summed E-state index contributed by atoms with van der Waals surface area (Å²) in [7, 11) is 0. The van der Waals surface area contributed by atoms with Crippen molar-refractivity contribution >= 4 is 11.9 Å². The highest BCUT2D eigenvalue weighted by Crippen LogP contribution is 2.27. The Balaban J connectivity index is 1.41. The first-order valence-electron chi connectivity index (χ1n) is 9.20. The zero-order valence-electron chi connectivity index (χ0n) is 15.9. The Labute approximate surface area is 172 Å². The normalized spacial score (nSPS) is 10.5. The van der Waals surface area contributed by atoms with Gasteiger partial charge in [-0.05, 0) is 29.3 Å². The second-order valence-corrected chi connectivity index (χ2v) is 6.46. The number of amides is 1. The van der Waals surface area contributed by atoms with Crippen molar-refractivity contribution in [1.29, 1.82) is 0 Å². The van der Waals surface area contributed by atoms with Gasteiger partial charge in [0.05, 0.1) is 11.3 Å². The summed E-state index contributed by atoms with van der Waals surface area (Å²) in [5.41, 5.74) is 3.35. The Morgan fingerprint density at radius 2 is 1.80 bits per heavy atom. The molecule has 3 heterocycles. The first-order chi connectivity index (χ1) is 14.7. The molecular formula is C22H18N4O4. The molecule has 0 radical (unpaired) electrons. The van der Waals surface area contributed by atoms with E-state index in [1.165, 1.54) is 6.20 Å². The van der Waals surface area contributed by atoms with Crippen molar-refractivity contribution in [2.24, 2.45) is 0 Å². The van der Waals surface area contributed by atoms with Crippen LogP contribution in [0.2, 0.25) is 0 Å². The fourth-order valence-corrected chi connectivity index (χ4v) is 2.88. The van der Waals surface area contributed by atoms with Crippen LogP contribution in [0.15, 0.2) is 77.6 Å². The molecule has 0 aliphatic heterocycles. The second-order valence-electron chi connectivity index (χ2n) is 6.46. The maximum Gasteiger partial charge on any atom is 0.410 e. The van der Waals surface area contributed by atoms with Crippen LogP contribution in [0.1, 0.15) is 16.8 Å². The van der Waals surface area contributed by atoms with Crippen LogP contribution >= 0.6 is 0 Å². The van der Waals surface area contributed by atoms with Crippen LogP contribution in [0.5, 0.6) is 5.88 Å². The minimum absolute atomic E-state index is 0.199. The van der Waals surface area contributed by atoms with Gasteiger partial charge in [0, 0.05) is 30.9 Å². The van der Waals surface area contributed by atoms with Gasteiger partial charge in [0.15, 0.2) is 5.76 Å². The van der Waals surface area contributed by atoms with Gasteiger partial charge in [0.25, 0.3) is 0 Å². The topological polar surface area (TPSA) is 110 Å². The summed E-state index contributed by atoms with van der Waals surface area (Å²) in [6.45, 7) is 0.436. The highest BCUT2D eigenvalue weighted by Gasteiger charge is 2.14. The molecule has 2 N–H and O–H groups in total. The summed E-state index contributed by atoms with van der Waals surface area (Å²) in [6, 6.07) is 18.7. The minimum Gasteiger partial charge on any atom is -0.473 e. The number of anilines is 1. The SMILES string of the molecule is O=C(O)Nc1ncccc1-c1cc(Cc2ccc(COc3ccccn3)cc2)no1. The van der Waals surface area contributed by atoms with Gasteiger partial charge in [-0.2, -0.15) is 0 Å². The molecule has 4 aromatic rings. The summed E-state index contributed by atoms with van der Waals surface area (Å²) in [5, 5.41) is 15.3. The molecule has 0 aliphatic carbocycles. The van der Waals surface area contributed by atoms with Crippen molar-refractivity contribution in [3.05, 3.63) is 89.9 Å². The number of carbonyl (C=O) groups is 1. The number of hydrogen-bond donors (Lipinski definition) is 2. The number of ether oxygens (including phenoxy) is 1. The molecule has 0 fully saturated rings. The Hall–Kier alpha value is -4.20. The van der Waals surface area contributed by atoms with E-state index in [2.05, 4.69) is 20.4 Å². The number of rotatable bonds is 7. The maximum atomic E-state index is 10.9. The number of hydrogen-bond acceptors (Lipinski definition) is 6. The van der Waals surface area contributed by atoms with Gasteiger partial charge in [-0.1, -0.05) is 35.5 Å². The third-order valence-electron chi connectivity index (χ3n) is 4.29. The number of nitrogens with one attached hydrogen (secondary N) is 1. The molecule has 8 heteroatoms. The van der Waals surface area contributed by atoms with Crippen LogP contribution in [0.3, 0.4) is 0 Å². The molecular weight excluding hydrogens is 384 g/mol. The first kappa shape index (κ1) is 19.1. The highest BCUT2D eigenvalue weighted by atomic mass is 16.5. The van der Waals surface area contributed by atoms with E-state index >= 15 is 0 Å². The van der Waals surface area contributed by atoms with Crippen molar-refractivity contribution in [3.8, 4) is 17.2 Å². The van der Waals surface area contributed by atoms with E-state index < -0.39 is 6.09 Å². The van der Waals surface area contributed by atoms with Crippen LogP contribution < -0.4 is 10.1 Å². The van der Waals surface area contributed by atoms with Crippen molar-refractivity contribution in [3.63, 3.8) is 0 Å². The molecule has 0 aliphatic rings. The van der Waals surface area contributed by atoms with Gasteiger partial charge < -0.3 is 14.4 Å². The average Bonchev–Trinajstić information content (AvgIpc) is 3.22. The van der Waals surface area contributed by atoms with E-state index in [4.69, 9.17) is 14.4 Å². The largest absolute Gasteiger partial charge is 0.473 e. The lowest BCUT2D eigenvalue weighted by molar-refractivity contribution is 0.209. The van der Waals surface area contributed by atoms with Crippen molar-refractivity contribution in [2.75, 3.05) is 5.32 Å². The van der Waals surface area contributed by atoms with E-state index in [1.54, 1.807) is 24.4 Å². The number of nitrogens with zero attached hydrogens (tertiary/aromatic N) is 3. The summed E-state index contributed by atoms with van der Waals surface area (Å²) >= 11 is 0. The zero-order valence-corrected chi connectivity index (χ0v) is 15.9. The van der Waals surface area contributed by atoms with Crippen LogP contribution in [0.4, 0.5) is 10.6 Å². The minimum atomic E-state index is -1.19. The van der Waals surface area contributed by atoms with Crippen molar-refractivity contribution < 1.29 is 19.2 Å². The summed E-state index contributed by atoms with van der Waals surface area (Å²) in [4.78, 5) is 19.1. The Morgan fingerprint density at radius 1 is 1.00 bits per heavy atom. The number of benzene rings is 1. The standard InChI is InChI=1S/C22H18N4O4/c27-22(28)25-21-18(4-3-11-24-21)19-13-17(26-30-19)12-15-6-8-16(9-7-15)14-29-20-5-1-2-10-23-20/h1-11,13H,12,14H2,(H,24,25)(H,27,28). The van der Waals surface area contributed by atoms with Crippen LogP contribution in [-0.2, 0) is 13.0 Å². The fraction of sp³-hybridized carbons (Fsp3) is 0.0909. The smallest absolute Gasteiger partial charge is 0.410 e. The lowest BCUT2D eigenvalue weighted by Crippen LogP contribution is -2.09. The third-order valence-corrected chi connectivity index (χ3v) is 4.29. The highest BCUT2D eigenvalue weighted by molar-refractivity contribution is 5.87.